The van der Waals surface area contributed by atoms with Crippen molar-refractivity contribution in [1.29, 1.82) is 0 Å². The molecule has 2 rings (SSSR count). The maximum Gasteiger partial charge on any atom is 0.416 e. The molecule has 1 atom stereocenters. The van der Waals surface area contributed by atoms with E-state index in [0.717, 1.165) is 12.1 Å². The number of nitrogens with zero attached hydrogens (tertiary/aromatic N) is 1. The number of carbonyl (C=O) groups excluding carboxylic acids is 2. The monoisotopic (exact) mass is 398 g/mol. The number of carbonyl (C=O) groups is 2. The lowest BCUT2D eigenvalue weighted by Crippen LogP contribution is -2.29. The van der Waals surface area contributed by atoms with Crippen molar-refractivity contribution >= 4 is 40.1 Å². The number of rotatable bonds is 2. The second kappa shape index (κ2) is 5.23. The second-order valence-corrected chi connectivity index (χ2v) is 5.63. The summed E-state index contributed by atoms with van der Waals surface area (Å²) in [5.74, 6) is -1.49. The fourth-order valence-corrected chi connectivity index (χ4v) is 2.84. The molecule has 1 saturated heterocycles. The fourth-order valence-electron chi connectivity index (χ4n) is 2.03. The maximum absolute atomic E-state index is 12.6. The third-order valence-corrected chi connectivity index (χ3v) is 3.96. The van der Waals surface area contributed by atoms with Crippen molar-refractivity contribution in [2.45, 2.75) is 12.6 Å². The van der Waals surface area contributed by atoms with Crippen LogP contribution >= 0.6 is 22.6 Å². The number of nitrogens with two attached hydrogens (primary N) is 1. The number of hydrogen-bond donors (Lipinski definition) is 1. The van der Waals surface area contributed by atoms with Gasteiger partial charge in [0.15, 0.2) is 0 Å². The van der Waals surface area contributed by atoms with Gasteiger partial charge in [0.2, 0.25) is 11.8 Å². The van der Waals surface area contributed by atoms with Crippen LogP contribution in [0.25, 0.3) is 0 Å². The highest BCUT2D eigenvalue weighted by Gasteiger charge is 2.36. The summed E-state index contributed by atoms with van der Waals surface area (Å²) in [5.41, 5.74) is 4.74. The lowest BCUT2D eigenvalue weighted by molar-refractivity contribution is -0.137. The predicted octanol–water partition coefficient (Wildman–Crippen LogP) is 2.15. The lowest BCUT2D eigenvalue weighted by atomic mass is 10.1. The van der Waals surface area contributed by atoms with Crippen molar-refractivity contribution in [3.05, 3.63) is 27.3 Å². The van der Waals surface area contributed by atoms with Crippen LogP contribution in [0.2, 0.25) is 0 Å². The van der Waals surface area contributed by atoms with Gasteiger partial charge >= 0.3 is 6.18 Å². The number of alkyl halides is 3. The zero-order valence-corrected chi connectivity index (χ0v) is 12.2. The Kier molecular flexibility index (Phi) is 3.94. The Morgan fingerprint density at radius 3 is 2.50 bits per heavy atom. The number of primary amides is 1. The van der Waals surface area contributed by atoms with Crippen LogP contribution in [0.4, 0.5) is 18.9 Å². The van der Waals surface area contributed by atoms with Crippen LogP contribution in [0.15, 0.2) is 18.2 Å². The van der Waals surface area contributed by atoms with Gasteiger partial charge in [-0.05, 0) is 40.8 Å². The summed E-state index contributed by atoms with van der Waals surface area (Å²) in [4.78, 5) is 24.2. The van der Waals surface area contributed by atoms with E-state index in [0.29, 0.717) is 9.26 Å². The van der Waals surface area contributed by atoms with Gasteiger partial charge in [-0.2, -0.15) is 13.2 Å². The molecule has 1 unspecified atom stereocenters. The average molecular weight is 398 g/mol. The first kappa shape index (κ1) is 15.1. The standard InChI is InChI=1S/C12H10F3IN2O2/c13-12(14,15)7-1-2-9(8(16)4-7)18-5-6(11(17)20)3-10(18)19/h1-2,4,6H,3,5H2,(H2,17,20). The van der Waals surface area contributed by atoms with E-state index in [2.05, 4.69) is 0 Å². The van der Waals surface area contributed by atoms with Gasteiger partial charge in [0.25, 0.3) is 0 Å². The van der Waals surface area contributed by atoms with Crippen molar-refractivity contribution in [3.63, 3.8) is 0 Å². The van der Waals surface area contributed by atoms with E-state index in [1.54, 1.807) is 22.6 Å². The molecule has 0 radical (unpaired) electrons. The molecule has 4 nitrogen and oxygen atoms in total. The highest BCUT2D eigenvalue weighted by atomic mass is 127. The molecule has 2 N–H and O–H groups in total. The van der Waals surface area contributed by atoms with Crippen LogP contribution in [-0.4, -0.2) is 18.4 Å². The predicted molar refractivity (Wildman–Crippen MR) is 73.8 cm³/mol. The van der Waals surface area contributed by atoms with Gasteiger partial charge < -0.3 is 10.6 Å². The summed E-state index contributed by atoms with van der Waals surface area (Å²) >= 11 is 1.74. The zero-order chi connectivity index (χ0) is 15.1. The average Bonchev–Trinajstić information content (AvgIpc) is 2.70. The van der Waals surface area contributed by atoms with Gasteiger partial charge in [-0.1, -0.05) is 0 Å². The van der Waals surface area contributed by atoms with Gasteiger partial charge in [0.05, 0.1) is 17.2 Å². The Hall–Kier alpha value is -1.32. The van der Waals surface area contributed by atoms with Crippen molar-refractivity contribution in [2.24, 2.45) is 11.7 Å². The summed E-state index contributed by atoms with van der Waals surface area (Å²) in [6.45, 7) is 0.107. The smallest absolute Gasteiger partial charge is 0.369 e. The molecule has 1 aromatic rings. The van der Waals surface area contributed by atoms with E-state index in [1.165, 1.54) is 11.0 Å². The molecule has 1 aliphatic heterocycles. The van der Waals surface area contributed by atoms with E-state index < -0.39 is 23.6 Å². The number of benzene rings is 1. The summed E-state index contributed by atoms with van der Waals surface area (Å²) in [5, 5.41) is 0. The molecule has 8 heteroatoms. The molecule has 1 fully saturated rings. The molecule has 1 heterocycles. The molecule has 2 amide bonds. The third kappa shape index (κ3) is 2.89. The van der Waals surface area contributed by atoms with Crippen LogP contribution in [-0.2, 0) is 15.8 Å². The first-order chi connectivity index (χ1) is 9.20. The number of anilines is 1. The van der Waals surface area contributed by atoms with Crippen LogP contribution in [0.5, 0.6) is 0 Å². The fraction of sp³-hybridized carbons (Fsp3) is 0.333. The van der Waals surface area contributed by atoms with Crippen molar-refractivity contribution in [3.8, 4) is 0 Å². The molecule has 0 aliphatic carbocycles. The molecule has 1 aliphatic rings. The van der Waals surface area contributed by atoms with E-state index in [9.17, 15) is 22.8 Å². The molecular formula is C12H10F3IN2O2. The highest BCUT2D eigenvalue weighted by Crippen LogP contribution is 2.35. The summed E-state index contributed by atoms with van der Waals surface area (Å²) in [7, 11) is 0. The lowest BCUT2D eigenvalue weighted by Gasteiger charge is -2.19. The molecule has 0 saturated carbocycles. The first-order valence-electron chi connectivity index (χ1n) is 5.66. The van der Waals surface area contributed by atoms with E-state index in [-0.39, 0.29) is 18.9 Å². The molecule has 0 bridgehead atoms. The first-order valence-corrected chi connectivity index (χ1v) is 6.74. The molecule has 1 aromatic carbocycles. The molecule has 0 spiro atoms. The number of hydrogen-bond acceptors (Lipinski definition) is 2. The van der Waals surface area contributed by atoms with Crippen molar-refractivity contribution < 1.29 is 22.8 Å². The van der Waals surface area contributed by atoms with E-state index in [1.807, 2.05) is 0 Å². The van der Waals surface area contributed by atoms with Crippen LogP contribution in [0.1, 0.15) is 12.0 Å². The van der Waals surface area contributed by atoms with Gasteiger partial charge in [-0.25, -0.2) is 0 Å². The SMILES string of the molecule is NC(=O)C1CC(=O)N(c2ccc(C(F)(F)F)cc2I)C1. The third-order valence-electron chi connectivity index (χ3n) is 3.09. The highest BCUT2D eigenvalue weighted by molar-refractivity contribution is 14.1. The van der Waals surface area contributed by atoms with Gasteiger partial charge in [-0.15, -0.1) is 0 Å². The zero-order valence-electron chi connectivity index (χ0n) is 10.1. The normalized spacial score (nSPS) is 19.5. The Labute approximate surface area is 126 Å². The minimum Gasteiger partial charge on any atom is -0.369 e. The van der Waals surface area contributed by atoms with Crippen LogP contribution in [0.3, 0.4) is 0 Å². The summed E-state index contributed by atoms with van der Waals surface area (Å²) < 4.78 is 38.0. The molecule has 0 aromatic heterocycles. The Morgan fingerprint density at radius 2 is 2.05 bits per heavy atom. The second-order valence-electron chi connectivity index (χ2n) is 4.47. The molecular weight excluding hydrogens is 388 g/mol. The summed E-state index contributed by atoms with van der Waals surface area (Å²) in [6.07, 6.45) is -4.43. The number of halogens is 4. The minimum absolute atomic E-state index is 0.00750. The van der Waals surface area contributed by atoms with E-state index >= 15 is 0 Å². The number of amides is 2. The van der Waals surface area contributed by atoms with Crippen molar-refractivity contribution in [2.75, 3.05) is 11.4 Å². The molecule has 20 heavy (non-hydrogen) atoms. The van der Waals surface area contributed by atoms with Gasteiger partial charge in [0, 0.05) is 16.5 Å². The van der Waals surface area contributed by atoms with Gasteiger partial charge in [0.1, 0.15) is 0 Å². The maximum atomic E-state index is 12.6. The van der Waals surface area contributed by atoms with Crippen molar-refractivity contribution in [1.82, 2.24) is 0 Å². The molecule has 108 valence electrons. The van der Waals surface area contributed by atoms with E-state index in [4.69, 9.17) is 5.73 Å². The van der Waals surface area contributed by atoms with Crippen LogP contribution < -0.4 is 10.6 Å². The Morgan fingerprint density at radius 1 is 1.40 bits per heavy atom. The van der Waals surface area contributed by atoms with Gasteiger partial charge in [-0.3, -0.25) is 9.59 Å². The minimum atomic E-state index is -4.43. The summed E-state index contributed by atoms with van der Waals surface area (Å²) in [6, 6.07) is 3.13. The Bertz CT molecular complexity index is 574. The topological polar surface area (TPSA) is 63.4 Å². The quantitative estimate of drug-likeness (QED) is 0.777. The van der Waals surface area contributed by atoms with Crippen LogP contribution in [0, 0.1) is 9.49 Å². The largest absolute Gasteiger partial charge is 0.416 e. The Balaban J connectivity index is 2.31.